The van der Waals surface area contributed by atoms with Crippen molar-refractivity contribution in [3.05, 3.63) is 82.1 Å². The average molecular weight is 388 g/mol. The fourth-order valence-electron chi connectivity index (χ4n) is 2.49. The lowest BCUT2D eigenvalue weighted by molar-refractivity contribution is -0.133. The SMILES string of the molecule is O=C(Cc1cccc2ccccc12)NOCc1ccc(Br)cc1F. The highest BCUT2D eigenvalue weighted by Gasteiger charge is 2.08. The van der Waals surface area contributed by atoms with Gasteiger partial charge in [0.2, 0.25) is 5.91 Å². The molecule has 0 aromatic heterocycles. The number of halogens is 2. The second-order valence-corrected chi connectivity index (χ2v) is 6.28. The van der Waals surface area contributed by atoms with Crippen molar-refractivity contribution in [2.45, 2.75) is 13.0 Å². The van der Waals surface area contributed by atoms with E-state index in [1.807, 2.05) is 42.5 Å². The molecule has 0 aliphatic carbocycles. The predicted octanol–water partition coefficient (Wildman–Crippen LogP) is 4.53. The Morgan fingerprint density at radius 3 is 2.67 bits per heavy atom. The van der Waals surface area contributed by atoms with E-state index in [2.05, 4.69) is 21.4 Å². The van der Waals surface area contributed by atoms with Crippen LogP contribution in [0.1, 0.15) is 11.1 Å². The number of carbonyl (C=O) groups excluding carboxylic acids is 1. The molecule has 3 rings (SSSR count). The quantitative estimate of drug-likeness (QED) is 0.653. The van der Waals surface area contributed by atoms with Gasteiger partial charge in [-0.1, -0.05) is 64.5 Å². The van der Waals surface area contributed by atoms with E-state index in [4.69, 9.17) is 4.84 Å². The molecule has 3 nitrogen and oxygen atoms in total. The van der Waals surface area contributed by atoms with Crippen molar-refractivity contribution in [3.8, 4) is 0 Å². The monoisotopic (exact) mass is 387 g/mol. The minimum absolute atomic E-state index is 0.0274. The summed E-state index contributed by atoms with van der Waals surface area (Å²) in [5.41, 5.74) is 3.67. The Balaban J connectivity index is 1.59. The van der Waals surface area contributed by atoms with Gasteiger partial charge in [-0.15, -0.1) is 0 Å². The Morgan fingerprint density at radius 1 is 1.04 bits per heavy atom. The molecule has 0 fully saturated rings. The standard InChI is InChI=1S/C19H15BrFNO2/c20-16-9-8-15(18(21)11-16)12-24-22-19(23)10-14-6-3-5-13-4-1-2-7-17(13)14/h1-9,11H,10,12H2,(H,22,23). The normalized spacial score (nSPS) is 10.8. The maximum absolute atomic E-state index is 13.7. The van der Waals surface area contributed by atoms with Crippen LogP contribution in [0, 0.1) is 5.82 Å². The van der Waals surface area contributed by atoms with E-state index >= 15 is 0 Å². The third-order valence-corrected chi connectivity index (χ3v) is 4.15. The van der Waals surface area contributed by atoms with E-state index in [0.717, 1.165) is 16.3 Å². The minimum Gasteiger partial charge on any atom is -0.272 e. The summed E-state index contributed by atoms with van der Waals surface area (Å²) in [7, 11) is 0. The van der Waals surface area contributed by atoms with Gasteiger partial charge in [-0.05, 0) is 28.5 Å². The minimum atomic E-state index is -0.382. The van der Waals surface area contributed by atoms with E-state index in [1.54, 1.807) is 12.1 Å². The van der Waals surface area contributed by atoms with Crippen LogP contribution >= 0.6 is 15.9 Å². The summed E-state index contributed by atoms with van der Waals surface area (Å²) in [6.07, 6.45) is 0.199. The lowest BCUT2D eigenvalue weighted by Crippen LogP contribution is -2.25. The van der Waals surface area contributed by atoms with Crippen LogP contribution in [0.25, 0.3) is 10.8 Å². The molecular weight excluding hydrogens is 373 g/mol. The van der Waals surface area contributed by atoms with Crippen LogP contribution in [-0.2, 0) is 22.7 Å². The highest BCUT2D eigenvalue weighted by atomic mass is 79.9. The van der Waals surface area contributed by atoms with Crippen LogP contribution in [0.2, 0.25) is 0 Å². The fraction of sp³-hybridized carbons (Fsp3) is 0.105. The number of nitrogens with one attached hydrogen (secondary N) is 1. The van der Waals surface area contributed by atoms with Gasteiger partial charge in [0.25, 0.3) is 0 Å². The second kappa shape index (κ2) is 7.55. The predicted molar refractivity (Wildman–Crippen MR) is 94.7 cm³/mol. The third-order valence-electron chi connectivity index (χ3n) is 3.66. The highest BCUT2D eigenvalue weighted by molar-refractivity contribution is 9.10. The molecule has 24 heavy (non-hydrogen) atoms. The lowest BCUT2D eigenvalue weighted by Gasteiger charge is -2.09. The van der Waals surface area contributed by atoms with Crippen LogP contribution in [0.4, 0.5) is 4.39 Å². The molecule has 3 aromatic rings. The summed E-state index contributed by atoms with van der Waals surface area (Å²) in [6, 6.07) is 18.4. The largest absolute Gasteiger partial charge is 0.272 e. The first-order chi connectivity index (χ1) is 11.6. The molecule has 122 valence electrons. The van der Waals surface area contributed by atoms with E-state index in [9.17, 15) is 9.18 Å². The number of hydrogen-bond acceptors (Lipinski definition) is 2. The Hall–Kier alpha value is -2.24. The highest BCUT2D eigenvalue weighted by Crippen LogP contribution is 2.19. The van der Waals surface area contributed by atoms with Crippen molar-refractivity contribution in [1.82, 2.24) is 5.48 Å². The first kappa shape index (κ1) is 16.6. The molecule has 3 aromatic carbocycles. The van der Waals surface area contributed by atoms with Gasteiger partial charge in [0.1, 0.15) is 12.4 Å². The molecule has 1 N–H and O–H groups in total. The van der Waals surface area contributed by atoms with Gasteiger partial charge in [0, 0.05) is 10.0 Å². The Morgan fingerprint density at radius 2 is 1.83 bits per heavy atom. The first-order valence-electron chi connectivity index (χ1n) is 7.44. The second-order valence-electron chi connectivity index (χ2n) is 5.36. The van der Waals surface area contributed by atoms with Gasteiger partial charge in [0.05, 0.1) is 6.42 Å². The number of hydroxylamine groups is 1. The van der Waals surface area contributed by atoms with Crippen molar-refractivity contribution in [3.63, 3.8) is 0 Å². The summed E-state index contributed by atoms with van der Waals surface area (Å²) in [5, 5.41) is 2.12. The van der Waals surface area contributed by atoms with Gasteiger partial charge in [0.15, 0.2) is 0 Å². The van der Waals surface area contributed by atoms with Crippen molar-refractivity contribution < 1.29 is 14.0 Å². The Labute approximate surface area is 147 Å². The molecule has 0 aliphatic heterocycles. The summed E-state index contributed by atoms with van der Waals surface area (Å²) in [5.74, 6) is -0.656. The van der Waals surface area contributed by atoms with Crippen molar-refractivity contribution in [2.75, 3.05) is 0 Å². The molecule has 0 radical (unpaired) electrons. The molecule has 0 bridgehead atoms. The summed E-state index contributed by atoms with van der Waals surface area (Å²) in [6.45, 7) is -0.0274. The number of benzene rings is 3. The van der Waals surface area contributed by atoms with E-state index in [-0.39, 0.29) is 24.8 Å². The lowest BCUT2D eigenvalue weighted by atomic mass is 10.0. The zero-order chi connectivity index (χ0) is 16.9. The zero-order valence-corrected chi connectivity index (χ0v) is 14.3. The first-order valence-corrected chi connectivity index (χ1v) is 8.24. The van der Waals surface area contributed by atoms with Crippen molar-refractivity contribution in [2.24, 2.45) is 0 Å². The Bertz CT molecular complexity index is 877. The molecule has 5 heteroatoms. The molecule has 0 saturated heterocycles. The van der Waals surface area contributed by atoms with E-state index in [0.29, 0.717) is 10.0 Å². The molecule has 0 unspecified atom stereocenters. The van der Waals surface area contributed by atoms with E-state index in [1.165, 1.54) is 6.07 Å². The number of hydrogen-bond donors (Lipinski definition) is 1. The van der Waals surface area contributed by atoms with Gasteiger partial charge in [-0.25, -0.2) is 9.87 Å². The topological polar surface area (TPSA) is 38.3 Å². The molecule has 0 heterocycles. The van der Waals surface area contributed by atoms with Gasteiger partial charge in [-0.3, -0.25) is 9.63 Å². The molecule has 0 spiro atoms. The summed E-state index contributed by atoms with van der Waals surface area (Å²) in [4.78, 5) is 17.2. The third kappa shape index (κ3) is 3.99. The van der Waals surface area contributed by atoms with E-state index < -0.39 is 0 Å². The van der Waals surface area contributed by atoms with Gasteiger partial charge < -0.3 is 0 Å². The zero-order valence-electron chi connectivity index (χ0n) is 12.8. The maximum Gasteiger partial charge on any atom is 0.247 e. The molecular formula is C19H15BrFNO2. The fourth-order valence-corrected chi connectivity index (χ4v) is 2.82. The number of fused-ring (bicyclic) bond motifs is 1. The van der Waals surface area contributed by atoms with Crippen LogP contribution in [-0.4, -0.2) is 5.91 Å². The molecule has 0 aliphatic rings. The molecule has 1 amide bonds. The van der Waals surface area contributed by atoms with Crippen molar-refractivity contribution >= 4 is 32.6 Å². The van der Waals surface area contributed by atoms with Gasteiger partial charge in [-0.2, -0.15) is 0 Å². The smallest absolute Gasteiger partial charge is 0.247 e. The van der Waals surface area contributed by atoms with Crippen LogP contribution in [0.15, 0.2) is 65.1 Å². The number of rotatable bonds is 5. The Kier molecular flexibility index (Phi) is 5.23. The van der Waals surface area contributed by atoms with Gasteiger partial charge >= 0.3 is 0 Å². The summed E-state index contributed by atoms with van der Waals surface area (Å²) >= 11 is 3.19. The van der Waals surface area contributed by atoms with Crippen LogP contribution in [0.5, 0.6) is 0 Å². The number of carbonyl (C=O) groups is 1. The molecule has 0 saturated carbocycles. The maximum atomic E-state index is 13.7. The van der Waals surface area contributed by atoms with Crippen LogP contribution < -0.4 is 5.48 Å². The number of amides is 1. The van der Waals surface area contributed by atoms with Crippen molar-refractivity contribution in [1.29, 1.82) is 0 Å². The average Bonchev–Trinajstić information content (AvgIpc) is 2.57. The van der Waals surface area contributed by atoms with Crippen LogP contribution in [0.3, 0.4) is 0 Å². The summed E-state index contributed by atoms with van der Waals surface area (Å²) < 4.78 is 14.3. The molecule has 0 atom stereocenters.